The van der Waals surface area contributed by atoms with Crippen molar-refractivity contribution in [2.24, 2.45) is 5.92 Å². The van der Waals surface area contributed by atoms with Crippen LogP contribution in [0.2, 0.25) is 0 Å². The molecule has 1 N–H and O–H groups in total. The summed E-state index contributed by atoms with van der Waals surface area (Å²) >= 11 is 0. The van der Waals surface area contributed by atoms with E-state index in [-0.39, 0.29) is 12.0 Å². The summed E-state index contributed by atoms with van der Waals surface area (Å²) in [6.45, 7) is 0.702. The number of aryl methyl sites for hydroxylation is 4. The molecule has 7 nitrogen and oxygen atoms in total. The van der Waals surface area contributed by atoms with E-state index in [0.717, 1.165) is 61.9 Å². The summed E-state index contributed by atoms with van der Waals surface area (Å²) in [7, 11) is 0. The van der Waals surface area contributed by atoms with Crippen molar-refractivity contribution < 1.29 is 9.90 Å². The largest absolute Gasteiger partial charge is 0.481 e. The minimum absolute atomic E-state index is 0.0401. The van der Waals surface area contributed by atoms with E-state index in [4.69, 9.17) is 10.1 Å². The van der Waals surface area contributed by atoms with Gasteiger partial charge in [0.1, 0.15) is 0 Å². The summed E-state index contributed by atoms with van der Waals surface area (Å²) < 4.78 is 3.46. The topological polar surface area (TPSA) is 90.0 Å². The Bertz CT molecular complexity index is 1220. The molecule has 0 spiro atoms. The molecule has 1 fully saturated rings. The predicted octanol–water partition coefficient (Wildman–Crippen LogP) is 3.97. The highest BCUT2D eigenvalue weighted by molar-refractivity contribution is 5.68. The number of pyridine rings is 2. The molecule has 1 atom stereocenters. The molecule has 0 radical (unpaired) electrons. The van der Waals surface area contributed by atoms with Crippen LogP contribution in [0.1, 0.15) is 72.8 Å². The zero-order valence-electron chi connectivity index (χ0n) is 19.5. The zero-order valence-corrected chi connectivity index (χ0v) is 19.5. The lowest BCUT2D eigenvalue weighted by Gasteiger charge is -2.18. The standard InChI is InChI=1S/C27H32N4O3/c32-26-13-11-21(18-30(26)17-19-8-9-19)25(16-27(33)34)31-15-14-23(29-31)6-3-5-22-12-10-20-4-1-2-7-24(20)28-22/h10-15,18-19,25H,1-9,16-17H2,(H,33,34)/t25-/m0/s1. The van der Waals surface area contributed by atoms with Crippen molar-refractivity contribution in [3.63, 3.8) is 0 Å². The molecule has 2 aliphatic carbocycles. The number of hydrogen-bond acceptors (Lipinski definition) is 4. The summed E-state index contributed by atoms with van der Waals surface area (Å²) in [5.41, 5.74) is 5.52. The first-order valence-electron chi connectivity index (χ1n) is 12.5. The maximum atomic E-state index is 12.3. The summed E-state index contributed by atoms with van der Waals surface area (Å²) in [5.74, 6) is -0.327. The number of hydrogen-bond donors (Lipinski definition) is 1. The second-order valence-corrected chi connectivity index (χ2v) is 9.77. The van der Waals surface area contributed by atoms with E-state index in [1.165, 1.54) is 24.1 Å². The Kier molecular flexibility index (Phi) is 6.61. The molecule has 3 aromatic heterocycles. The van der Waals surface area contributed by atoms with Crippen molar-refractivity contribution in [3.8, 4) is 0 Å². The molecule has 3 heterocycles. The monoisotopic (exact) mass is 460 g/mol. The van der Waals surface area contributed by atoms with Gasteiger partial charge >= 0.3 is 5.97 Å². The van der Waals surface area contributed by atoms with E-state index in [2.05, 4.69) is 12.1 Å². The number of carbonyl (C=O) groups is 1. The lowest BCUT2D eigenvalue weighted by Crippen LogP contribution is -2.23. The normalized spacial score (nSPS) is 16.2. The number of rotatable bonds is 10. The quantitative estimate of drug-likeness (QED) is 0.494. The summed E-state index contributed by atoms with van der Waals surface area (Å²) in [6, 6.07) is 9.20. The van der Waals surface area contributed by atoms with Gasteiger partial charge < -0.3 is 9.67 Å². The summed E-state index contributed by atoms with van der Waals surface area (Å²) in [6.07, 6.45) is 13.3. The van der Waals surface area contributed by atoms with Crippen LogP contribution in [0.25, 0.3) is 0 Å². The number of nitrogens with zero attached hydrogens (tertiary/aromatic N) is 4. The summed E-state index contributed by atoms with van der Waals surface area (Å²) in [4.78, 5) is 28.7. The molecule has 0 unspecified atom stereocenters. The van der Waals surface area contributed by atoms with E-state index in [1.807, 2.05) is 18.5 Å². The number of aromatic nitrogens is 4. The van der Waals surface area contributed by atoms with Crippen LogP contribution in [-0.4, -0.2) is 30.4 Å². The fourth-order valence-electron chi connectivity index (χ4n) is 4.90. The first-order chi connectivity index (χ1) is 16.5. The smallest absolute Gasteiger partial charge is 0.305 e. The molecule has 5 rings (SSSR count). The molecule has 0 aliphatic heterocycles. The first kappa shape index (κ1) is 22.6. The average molecular weight is 461 g/mol. The molecule has 0 saturated heterocycles. The molecule has 0 amide bonds. The SMILES string of the molecule is O=C(O)C[C@@H](c1ccc(=O)n(CC2CC2)c1)n1ccc(CCCc2ccc3c(n2)CCCC3)n1. The second-order valence-electron chi connectivity index (χ2n) is 9.77. The van der Waals surface area contributed by atoms with Gasteiger partial charge in [0.2, 0.25) is 0 Å². The molecular weight excluding hydrogens is 428 g/mol. The Morgan fingerprint density at radius 1 is 1.06 bits per heavy atom. The Hall–Kier alpha value is -3.22. The average Bonchev–Trinajstić information content (AvgIpc) is 3.53. The highest BCUT2D eigenvalue weighted by Gasteiger charge is 2.24. The molecule has 2 aliphatic rings. The van der Waals surface area contributed by atoms with Gasteiger partial charge in [-0.25, -0.2) is 0 Å². The number of carboxylic acids is 1. The Labute approximate surface area is 199 Å². The van der Waals surface area contributed by atoms with Gasteiger partial charge in [0, 0.05) is 36.4 Å². The van der Waals surface area contributed by atoms with Crippen LogP contribution in [0.15, 0.2) is 47.5 Å². The first-order valence-corrected chi connectivity index (χ1v) is 12.5. The number of carboxylic acid groups (broad SMARTS) is 1. The van der Waals surface area contributed by atoms with Crippen LogP contribution in [-0.2, 0) is 37.0 Å². The maximum Gasteiger partial charge on any atom is 0.305 e. The van der Waals surface area contributed by atoms with E-state index < -0.39 is 12.0 Å². The Morgan fingerprint density at radius 2 is 1.88 bits per heavy atom. The lowest BCUT2D eigenvalue weighted by molar-refractivity contribution is -0.137. The fourth-order valence-corrected chi connectivity index (χ4v) is 4.90. The van der Waals surface area contributed by atoms with Crippen molar-refractivity contribution in [2.75, 3.05) is 0 Å². The van der Waals surface area contributed by atoms with Crippen LogP contribution in [0.4, 0.5) is 0 Å². The van der Waals surface area contributed by atoms with Crippen LogP contribution in [0.3, 0.4) is 0 Å². The van der Waals surface area contributed by atoms with Crippen molar-refractivity contribution in [1.29, 1.82) is 0 Å². The maximum absolute atomic E-state index is 12.3. The lowest BCUT2D eigenvalue weighted by atomic mass is 9.95. The Balaban J connectivity index is 1.26. The fraction of sp³-hybridized carbons (Fsp3) is 0.481. The molecule has 7 heteroatoms. The zero-order chi connectivity index (χ0) is 23.5. The molecule has 0 bridgehead atoms. The highest BCUT2D eigenvalue weighted by atomic mass is 16.4. The molecular formula is C27H32N4O3. The van der Waals surface area contributed by atoms with Gasteiger partial charge in [-0.1, -0.05) is 6.07 Å². The number of fused-ring (bicyclic) bond motifs is 1. The van der Waals surface area contributed by atoms with E-state index in [9.17, 15) is 14.7 Å². The minimum Gasteiger partial charge on any atom is -0.481 e. The third kappa shape index (κ3) is 5.46. The third-order valence-corrected chi connectivity index (χ3v) is 7.00. The van der Waals surface area contributed by atoms with Gasteiger partial charge in [-0.15, -0.1) is 0 Å². The van der Waals surface area contributed by atoms with Gasteiger partial charge in [0.15, 0.2) is 0 Å². The second kappa shape index (κ2) is 9.95. The minimum atomic E-state index is -0.888. The van der Waals surface area contributed by atoms with Gasteiger partial charge in [-0.3, -0.25) is 19.3 Å². The van der Waals surface area contributed by atoms with Crippen molar-refractivity contribution in [2.45, 2.75) is 76.8 Å². The molecule has 1 saturated carbocycles. The molecule has 34 heavy (non-hydrogen) atoms. The van der Waals surface area contributed by atoms with Gasteiger partial charge in [0.25, 0.3) is 5.56 Å². The van der Waals surface area contributed by atoms with Gasteiger partial charge in [-0.05, 0) is 93.0 Å². The molecule has 3 aromatic rings. The van der Waals surface area contributed by atoms with Crippen molar-refractivity contribution >= 4 is 5.97 Å². The van der Waals surface area contributed by atoms with Crippen molar-refractivity contribution in [1.82, 2.24) is 19.3 Å². The highest BCUT2D eigenvalue weighted by Crippen LogP contribution is 2.30. The summed E-state index contributed by atoms with van der Waals surface area (Å²) in [5, 5.41) is 14.2. The molecule has 178 valence electrons. The van der Waals surface area contributed by atoms with E-state index >= 15 is 0 Å². The van der Waals surface area contributed by atoms with Crippen LogP contribution >= 0.6 is 0 Å². The van der Waals surface area contributed by atoms with Crippen molar-refractivity contribution in [3.05, 3.63) is 81.3 Å². The van der Waals surface area contributed by atoms with E-state index in [1.54, 1.807) is 21.4 Å². The van der Waals surface area contributed by atoms with E-state index in [0.29, 0.717) is 12.5 Å². The van der Waals surface area contributed by atoms with Gasteiger partial charge in [-0.2, -0.15) is 5.10 Å². The van der Waals surface area contributed by atoms with Crippen LogP contribution in [0, 0.1) is 5.92 Å². The predicted molar refractivity (Wildman–Crippen MR) is 129 cm³/mol. The Morgan fingerprint density at radius 3 is 2.71 bits per heavy atom. The molecule has 0 aromatic carbocycles. The third-order valence-electron chi connectivity index (χ3n) is 7.00. The van der Waals surface area contributed by atoms with Crippen LogP contribution in [0.5, 0.6) is 0 Å². The number of aliphatic carboxylic acids is 1. The van der Waals surface area contributed by atoms with Crippen LogP contribution < -0.4 is 5.56 Å². The van der Waals surface area contributed by atoms with Gasteiger partial charge in [0.05, 0.1) is 18.2 Å².